The highest BCUT2D eigenvalue weighted by molar-refractivity contribution is 5.45. The van der Waals surface area contributed by atoms with Gasteiger partial charge in [-0.05, 0) is 29.5 Å². The first-order chi connectivity index (χ1) is 14.8. The van der Waals surface area contributed by atoms with Gasteiger partial charge in [-0.1, -0.05) is 104 Å². The molecule has 3 aromatic carbocycles. The van der Waals surface area contributed by atoms with E-state index in [2.05, 4.69) is 9.98 Å². The Morgan fingerprint density at radius 3 is 1.73 bits per heavy atom. The molecule has 0 aliphatic rings. The number of hydrogen-bond donors (Lipinski definition) is 0. The second-order valence-electron chi connectivity index (χ2n) is 7.19. The Morgan fingerprint density at radius 1 is 0.700 bits per heavy atom. The van der Waals surface area contributed by atoms with Crippen LogP contribution in [0.25, 0.3) is 0 Å². The molecule has 150 valence electrons. The van der Waals surface area contributed by atoms with Gasteiger partial charge in [0.2, 0.25) is 12.2 Å². The van der Waals surface area contributed by atoms with E-state index in [-0.39, 0.29) is 6.04 Å². The van der Waals surface area contributed by atoms with Crippen LogP contribution in [0.5, 0.6) is 0 Å². The molecule has 1 atom stereocenters. The molecule has 0 fully saturated rings. The molecule has 4 heteroatoms. The van der Waals surface area contributed by atoms with Crippen molar-refractivity contribution in [3.8, 4) is 0 Å². The standard InChI is InChI=1S/C26H24N2O2/c29-20-27-25(22-12-4-1-5-13-22)18-10-11-19-26(28-21-30,23-14-6-2-7-15-23)24-16-8-3-9-17-24/h1-9,12-17,25H,10-11,18-19H2. The maximum absolute atomic E-state index is 11.4. The number of hydrogen-bond acceptors (Lipinski definition) is 4. The molecule has 0 saturated carbocycles. The number of aliphatic imine (C=N–C) groups is 2. The lowest BCUT2D eigenvalue weighted by atomic mass is 9.79. The summed E-state index contributed by atoms with van der Waals surface area (Å²) < 4.78 is 0. The number of rotatable bonds is 10. The Labute approximate surface area is 177 Å². The van der Waals surface area contributed by atoms with Gasteiger partial charge in [-0.3, -0.25) is 0 Å². The van der Waals surface area contributed by atoms with Crippen LogP contribution in [0.1, 0.15) is 48.4 Å². The number of benzene rings is 3. The van der Waals surface area contributed by atoms with Crippen molar-refractivity contribution in [2.45, 2.75) is 37.3 Å². The molecule has 0 aliphatic heterocycles. The number of carbonyl (C=O) groups excluding carboxylic acids is 2. The van der Waals surface area contributed by atoms with E-state index in [9.17, 15) is 9.59 Å². The molecule has 0 saturated heterocycles. The van der Waals surface area contributed by atoms with E-state index in [0.717, 1.165) is 36.0 Å². The van der Waals surface area contributed by atoms with Gasteiger partial charge in [0.25, 0.3) is 0 Å². The molecule has 1 unspecified atom stereocenters. The highest BCUT2D eigenvalue weighted by atomic mass is 16.1. The van der Waals surface area contributed by atoms with Crippen LogP contribution in [-0.4, -0.2) is 12.2 Å². The van der Waals surface area contributed by atoms with Gasteiger partial charge in [0.05, 0.1) is 6.04 Å². The molecule has 0 aromatic heterocycles. The molecule has 0 spiro atoms. The summed E-state index contributed by atoms with van der Waals surface area (Å²) in [5, 5.41) is 0. The van der Waals surface area contributed by atoms with Crippen LogP contribution in [-0.2, 0) is 15.1 Å². The molecule has 3 aromatic rings. The van der Waals surface area contributed by atoms with Crippen LogP contribution in [0.3, 0.4) is 0 Å². The van der Waals surface area contributed by atoms with Crippen LogP contribution in [0, 0.1) is 0 Å². The summed E-state index contributed by atoms with van der Waals surface area (Å²) in [5.41, 5.74) is 2.15. The Hall–Kier alpha value is -3.58. The Bertz CT molecular complexity index is 967. The van der Waals surface area contributed by atoms with Crippen LogP contribution in [0.2, 0.25) is 0 Å². The molecular weight excluding hydrogens is 372 g/mol. The lowest BCUT2D eigenvalue weighted by Gasteiger charge is -2.30. The second-order valence-corrected chi connectivity index (χ2v) is 7.19. The van der Waals surface area contributed by atoms with E-state index in [1.165, 1.54) is 0 Å². The van der Waals surface area contributed by atoms with Gasteiger partial charge in [0.15, 0.2) is 0 Å². The second kappa shape index (κ2) is 10.8. The number of isocyanates is 2. The molecule has 0 radical (unpaired) electrons. The van der Waals surface area contributed by atoms with Gasteiger partial charge in [-0.2, -0.15) is 9.98 Å². The van der Waals surface area contributed by atoms with Crippen molar-refractivity contribution in [1.82, 2.24) is 0 Å². The molecular formula is C26H24N2O2. The SMILES string of the molecule is O=C=NC(CCCCC(N=C=O)(c1ccccc1)c1ccccc1)c1ccccc1. The summed E-state index contributed by atoms with van der Waals surface area (Å²) in [4.78, 5) is 30.6. The van der Waals surface area contributed by atoms with Gasteiger partial charge < -0.3 is 0 Å². The van der Waals surface area contributed by atoms with Crippen molar-refractivity contribution in [2.24, 2.45) is 9.98 Å². The molecule has 3 rings (SSSR count). The average Bonchev–Trinajstić information content (AvgIpc) is 2.82. The van der Waals surface area contributed by atoms with Crippen LogP contribution < -0.4 is 0 Å². The summed E-state index contributed by atoms with van der Waals surface area (Å²) in [5.74, 6) is 0. The molecule has 30 heavy (non-hydrogen) atoms. The summed E-state index contributed by atoms with van der Waals surface area (Å²) in [6.07, 6.45) is 6.53. The van der Waals surface area contributed by atoms with E-state index >= 15 is 0 Å². The first-order valence-electron chi connectivity index (χ1n) is 10.1. The predicted molar refractivity (Wildman–Crippen MR) is 118 cm³/mol. The molecule has 0 N–H and O–H groups in total. The van der Waals surface area contributed by atoms with Gasteiger partial charge in [-0.25, -0.2) is 9.59 Å². The Kier molecular flexibility index (Phi) is 7.63. The fourth-order valence-electron chi connectivity index (χ4n) is 3.91. The molecule has 0 bridgehead atoms. The highest BCUT2D eigenvalue weighted by Crippen LogP contribution is 2.39. The molecule has 0 heterocycles. The lowest BCUT2D eigenvalue weighted by molar-refractivity contribution is 0.444. The van der Waals surface area contributed by atoms with Crippen molar-refractivity contribution in [2.75, 3.05) is 0 Å². The number of unbranched alkanes of at least 4 members (excludes halogenated alkanes) is 1. The first kappa shape index (κ1) is 21.1. The minimum Gasteiger partial charge on any atom is -0.211 e. The zero-order valence-electron chi connectivity index (χ0n) is 16.8. The zero-order valence-corrected chi connectivity index (χ0v) is 16.8. The average molecular weight is 396 g/mol. The third-order valence-electron chi connectivity index (χ3n) is 5.40. The van der Waals surface area contributed by atoms with Gasteiger partial charge in [0.1, 0.15) is 5.54 Å². The normalized spacial score (nSPS) is 11.7. The third kappa shape index (κ3) is 5.07. The third-order valence-corrected chi connectivity index (χ3v) is 5.40. The Morgan fingerprint density at radius 2 is 1.23 bits per heavy atom. The fraction of sp³-hybridized carbons (Fsp3) is 0.231. The van der Waals surface area contributed by atoms with E-state index in [1.807, 2.05) is 91.0 Å². The zero-order chi connectivity index (χ0) is 21.1. The minimum absolute atomic E-state index is 0.207. The largest absolute Gasteiger partial charge is 0.236 e. The summed E-state index contributed by atoms with van der Waals surface area (Å²) in [6.45, 7) is 0. The van der Waals surface area contributed by atoms with Crippen molar-refractivity contribution < 1.29 is 9.59 Å². The maximum atomic E-state index is 11.4. The molecule has 0 aliphatic carbocycles. The summed E-state index contributed by atoms with van der Waals surface area (Å²) >= 11 is 0. The lowest BCUT2D eigenvalue weighted by Crippen LogP contribution is -2.25. The maximum Gasteiger partial charge on any atom is 0.236 e. The fourth-order valence-corrected chi connectivity index (χ4v) is 3.91. The van der Waals surface area contributed by atoms with Crippen molar-refractivity contribution in [3.63, 3.8) is 0 Å². The monoisotopic (exact) mass is 396 g/mol. The predicted octanol–water partition coefficient (Wildman–Crippen LogP) is 5.90. The van der Waals surface area contributed by atoms with Crippen LogP contribution >= 0.6 is 0 Å². The number of nitrogens with zero attached hydrogens (tertiary/aromatic N) is 2. The van der Waals surface area contributed by atoms with Crippen molar-refractivity contribution >= 4 is 12.2 Å². The van der Waals surface area contributed by atoms with Crippen molar-refractivity contribution in [3.05, 3.63) is 108 Å². The van der Waals surface area contributed by atoms with Crippen molar-refractivity contribution in [1.29, 1.82) is 0 Å². The quantitative estimate of drug-likeness (QED) is 0.243. The van der Waals surface area contributed by atoms with E-state index in [0.29, 0.717) is 6.42 Å². The first-order valence-corrected chi connectivity index (χ1v) is 10.1. The summed E-state index contributed by atoms with van der Waals surface area (Å²) in [7, 11) is 0. The topological polar surface area (TPSA) is 58.9 Å². The van der Waals surface area contributed by atoms with E-state index in [4.69, 9.17) is 0 Å². The van der Waals surface area contributed by atoms with E-state index in [1.54, 1.807) is 12.2 Å². The minimum atomic E-state index is -0.777. The van der Waals surface area contributed by atoms with Gasteiger partial charge in [-0.15, -0.1) is 0 Å². The molecule has 0 amide bonds. The Balaban J connectivity index is 1.80. The summed E-state index contributed by atoms with van der Waals surface area (Å²) in [6, 6.07) is 29.3. The van der Waals surface area contributed by atoms with Gasteiger partial charge in [0, 0.05) is 0 Å². The van der Waals surface area contributed by atoms with E-state index < -0.39 is 5.54 Å². The molecule has 4 nitrogen and oxygen atoms in total. The van der Waals surface area contributed by atoms with Gasteiger partial charge >= 0.3 is 0 Å². The van der Waals surface area contributed by atoms with Crippen LogP contribution in [0.15, 0.2) is 101 Å². The smallest absolute Gasteiger partial charge is 0.211 e. The van der Waals surface area contributed by atoms with Crippen LogP contribution in [0.4, 0.5) is 0 Å². The highest BCUT2D eigenvalue weighted by Gasteiger charge is 2.33.